The predicted octanol–water partition coefficient (Wildman–Crippen LogP) is 4.91. The molecule has 2 N–H and O–H groups in total. The monoisotopic (exact) mass is 422 g/mol. The summed E-state index contributed by atoms with van der Waals surface area (Å²) in [6, 6.07) is 12.5. The molecule has 4 rings (SSSR count). The molecule has 2 aromatic carbocycles. The molecule has 7 nitrogen and oxygen atoms in total. The van der Waals surface area contributed by atoms with E-state index in [1.54, 1.807) is 18.5 Å². The van der Waals surface area contributed by atoms with E-state index in [2.05, 4.69) is 15.2 Å². The highest BCUT2D eigenvalue weighted by Crippen LogP contribution is 2.31. The number of carboxylic acids is 1. The number of ether oxygens (including phenoxy) is 1. The molecule has 0 atom stereocenters. The van der Waals surface area contributed by atoms with Gasteiger partial charge in [-0.3, -0.25) is 5.10 Å². The average molecular weight is 423 g/mol. The topological polar surface area (TPSA) is 93.0 Å². The van der Waals surface area contributed by atoms with Gasteiger partial charge < -0.3 is 14.4 Å². The molecular formula is C22H19ClN4O3. The van der Waals surface area contributed by atoms with Crippen LogP contribution in [0.2, 0.25) is 5.02 Å². The largest absolute Gasteiger partial charge is 0.496 e. The van der Waals surface area contributed by atoms with Crippen LogP contribution in [0, 0.1) is 13.8 Å². The molecule has 30 heavy (non-hydrogen) atoms. The van der Waals surface area contributed by atoms with Crippen LogP contribution < -0.4 is 4.74 Å². The smallest absolute Gasteiger partial charge is 0.339 e. The zero-order chi connectivity index (χ0) is 21.4. The van der Waals surface area contributed by atoms with Crippen molar-refractivity contribution in [1.82, 2.24) is 19.7 Å². The Balaban J connectivity index is 1.72. The Bertz CT molecular complexity index is 1240. The van der Waals surface area contributed by atoms with Gasteiger partial charge in [0.25, 0.3) is 0 Å². The lowest BCUT2D eigenvalue weighted by Crippen LogP contribution is -2.00. The maximum Gasteiger partial charge on any atom is 0.339 e. The van der Waals surface area contributed by atoms with Crippen molar-refractivity contribution in [3.05, 3.63) is 70.6 Å². The van der Waals surface area contributed by atoms with E-state index in [9.17, 15) is 9.90 Å². The van der Waals surface area contributed by atoms with Crippen LogP contribution in [0.4, 0.5) is 0 Å². The summed E-state index contributed by atoms with van der Waals surface area (Å²) in [5.74, 6) is -0.767. The number of H-pyrrole nitrogens is 1. The fraction of sp³-hybridized carbons (Fsp3) is 0.136. The van der Waals surface area contributed by atoms with Gasteiger partial charge in [0.1, 0.15) is 23.3 Å². The van der Waals surface area contributed by atoms with E-state index in [1.165, 1.54) is 13.2 Å². The zero-order valence-corrected chi connectivity index (χ0v) is 17.4. The number of aromatic amines is 1. The second kappa shape index (κ2) is 7.68. The summed E-state index contributed by atoms with van der Waals surface area (Å²) < 4.78 is 7.16. The fourth-order valence-electron chi connectivity index (χ4n) is 3.45. The number of hydrogen-bond donors (Lipinski definition) is 2. The van der Waals surface area contributed by atoms with Gasteiger partial charge in [0, 0.05) is 11.3 Å². The number of hydrogen-bond acceptors (Lipinski definition) is 4. The summed E-state index contributed by atoms with van der Waals surface area (Å²) >= 11 is 6.42. The normalized spacial score (nSPS) is 10.9. The van der Waals surface area contributed by atoms with Crippen molar-refractivity contribution in [2.75, 3.05) is 7.11 Å². The van der Waals surface area contributed by atoms with Crippen LogP contribution in [0.15, 0.2) is 48.8 Å². The highest BCUT2D eigenvalue weighted by Gasteiger charge is 2.17. The van der Waals surface area contributed by atoms with Crippen LogP contribution in [-0.4, -0.2) is 37.9 Å². The summed E-state index contributed by atoms with van der Waals surface area (Å²) in [6.07, 6.45) is 1.74. The predicted molar refractivity (Wildman–Crippen MR) is 115 cm³/mol. The van der Waals surface area contributed by atoms with Crippen LogP contribution in [0.25, 0.3) is 28.3 Å². The van der Waals surface area contributed by atoms with Gasteiger partial charge in [-0.05, 0) is 43.7 Å². The Hall–Kier alpha value is -3.58. The first kappa shape index (κ1) is 19.7. The van der Waals surface area contributed by atoms with Gasteiger partial charge in [0.15, 0.2) is 0 Å². The van der Waals surface area contributed by atoms with Crippen molar-refractivity contribution in [2.45, 2.75) is 13.8 Å². The van der Waals surface area contributed by atoms with Crippen LogP contribution in [0.3, 0.4) is 0 Å². The molecule has 2 aromatic heterocycles. The maximum atomic E-state index is 11.3. The molecule has 0 aliphatic carbocycles. The van der Waals surface area contributed by atoms with E-state index in [4.69, 9.17) is 16.3 Å². The van der Waals surface area contributed by atoms with E-state index >= 15 is 0 Å². The second-order valence-corrected chi connectivity index (χ2v) is 7.25. The number of aromatic carboxylic acids is 1. The standard InChI is InChI=1S/C22H19ClN4O3/c1-12-5-4-6-16(23)21(12)27-11-24-20(13(27)2)18-10-17(25-26-18)14-7-8-15(22(28)29)19(9-14)30-3/h4-11H,1-3H3,(H,25,26)(H,28,29). The van der Waals surface area contributed by atoms with Crippen molar-refractivity contribution < 1.29 is 14.6 Å². The first-order valence-electron chi connectivity index (χ1n) is 9.17. The van der Waals surface area contributed by atoms with Crippen LogP contribution in [-0.2, 0) is 0 Å². The number of rotatable bonds is 5. The van der Waals surface area contributed by atoms with Crippen LogP contribution >= 0.6 is 11.6 Å². The lowest BCUT2D eigenvalue weighted by Gasteiger charge is -2.11. The van der Waals surface area contributed by atoms with Crippen molar-refractivity contribution in [3.63, 3.8) is 0 Å². The van der Waals surface area contributed by atoms with Crippen LogP contribution in [0.5, 0.6) is 5.75 Å². The number of carboxylic acid groups (broad SMARTS) is 1. The number of methoxy groups -OCH3 is 1. The van der Waals surface area contributed by atoms with Gasteiger partial charge in [-0.1, -0.05) is 29.8 Å². The number of imidazole rings is 1. The molecule has 152 valence electrons. The second-order valence-electron chi connectivity index (χ2n) is 6.84. The van der Waals surface area contributed by atoms with Crippen molar-refractivity contribution in [1.29, 1.82) is 0 Å². The molecule has 0 fully saturated rings. The summed E-state index contributed by atoms with van der Waals surface area (Å²) in [7, 11) is 1.44. The van der Waals surface area contributed by atoms with Gasteiger partial charge in [-0.15, -0.1) is 0 Å². The molecule has 0 radical (unpaired) electrons. The molecule has 0 unspecified atom stereocenters. The van der Waals surface area contributed by atoms with E-state index in [1.807, 2.05) is 42.7 Å². The van der Waals surface area contributed by atoms with E-state index in [-0.39, 0.29) is 11.3 Å². The number of para-hydroxylation sites is 1. The molecule has 0 spiro atoms. The Kier molecular flexibility index (Phi) is 5.05. The lowest BCUT2D eigenvalue weighted by atomic mass is 10.1. The number of carbonyl (C=O) groups is 1. The highest BCUT2D eigenvalue weighted by molar-refractivity contribution is 6.32. The number of aromatic nitrogens is 4. The lowest BCUT2D eigenvalue weighted by molar-refractivity contribution is 0.0693. The summed E-state index contributed by atoms with van der Waals surface area (Å²) in [5.41, 5.74) is 5.84. The van der Waals surface area contributed by atoms with E-state index in [0.717, 1.165) is 33.9 Å². The molecule has 0 bridgehead atoms. The number of benzene rings is 2. The Morgan fingerprint density at radius 3 is 2.70 bits per heavy atom. The molecule has 0 aliphatic rings. The molecule has 8 heteroatoms. The minimum absolute atomic E-state index is 0.0988. The van der Waals surface area contributed by atoms with E-state index in [0.29, 0.717) is 10.7 Å². The number of nitrogens with one attached hydrogen (secondary N) is 1. The number of nitrogens with zero attached hydrogens (tertiary/aromatic N) is 3. The number of aryl methyl sites for hydroxylation is 1. The summed E-state index contributed by atoms with van der Waals surface area (Å²) in [4.78, 5) is 15.9. The molecular weight excluding hydrogens is 404 g/mol. The summed E-state index contributed by atoms with van der Waals surface area (Å²) in [6.45, 7) is 3.97. The Labute approximate surface area is 177 Å². The van der Waals surface area contributed by atoms with Gasteiger partial charge >= 0.3 is 5.97 Å². The zero-order valence-electron chi connectivity index (χ0n) is 16.6. The molecule has 0 saturated carbocycles. The quantitative estimate of drug-likeness (QED) is 0.476. The molecule has 4 aromatic rings. The van der Waals surface area contributed by atoms with Crippen molar-refractivity contribution in [3.8, 4) is 34.1 Å². The third-order valence-corrected chi connectivity index (χ3v) is 5.30. The summed E-state index contributed by atoms with van der Waals surface area (Å²) in [5, 5.41) is 17.3. The molecule has 0 aliphatic heterocycles. The Morgan fingerprint density at radius 1 is 1.20 bits per heavy atom. The van der Waals surface area contributed by atoms with Gasteiger partial charge in [0.05, 0.1) is 29.2 Å². The number of halogens is 1. The maximum absolute atomic E-state index is 11.3. The Morgan fingerprint density at radius 2 is 2.00 bits per heavy atom. The SMILES string of the molecule is COc1cc(-c2cc(-c3ncn(-c4c(C)cccc4Cl)c3C)[nH]n2)ccc1C(=O)O. The minimum atomic E-state index is -1.04. The molecule has 0 saturated heterocycles. The fourth-order valence-corrected chi connectivity index (χ4v) is 3.76. The van der Waals surface area contributed by atoms with Gasteiger partial charge in [-0.2, -0.15) is 5.10 Å². The van der Waals surface area contributed by atoms with Crippen LogP contribution in [0.1, 0.15) is 21.6 Å². The third-order valence-electron chi connectivity index (χ3n) is 5.00. The van der Waals surface area contributed by atoms with Crippen molar-refractivity contribution in [2.24, 2.45) is 0 Å². The third kappa shape index (κ3) is 3.33. The molecule has 2 heterocycles. The first-order valence-corrected chi connectivity index (χ1v) is 9.55. The first-order chi connectivity index (χ1) is 14.4. The average Bonchev–Trinajstić information content (AvgIpc) is 3.34. The van der Waals surface area contributed by atoms with Crippen molar-refractivity contribution >= 4 is 17.6 Å². The highest BCUT2D eigenvalue weighted by atomic mass is 35.5. The van der Waals surface area contributed by atoms with Gasteiger partial charge in [0.2, 0.25) is 0 Å². The van der Waals surface area contributed by atoms with Gasteiger partial charge in [-0.25, -0.2) is 9.78 Å². The van der Waals surface area contributed by atoms with E-state index < -0.39 is 5.97 Å². The minimum Gasteiger partial charge on any atom is -0.496 e. The molecule has 0 amide bonds.